The van der Waals surface area contributed by atoms with E-state index < -0.39 is 17.2 Å². The van der Waals surface area contributed by atoms with Gasteiger partial charge in [0.15, 0.2) is 5.03 Å². The van der Waals surface area contributed by atoms with Crippen LogP contribution >= 0.6 is 11.8 Å². The Kier molecular flexibility index (Phi) is 3.46. The van der Waals surface area contributed by atoms with E-state index in [1.165, 1.54) is 0 Å². The third-order valence-electron chi connectivity index (χ3n) is 1.23. The van der Waals surface area contributed by atoms with Gasteiger partial charge in [0.05, 0.1) is 0 Å². The summed E-state index contributed by atoms with van der Waals surface area (Å²) in [6.07, 6.45) is -0.176. The van der Waals surface area contributed by atoms with E-state index in [0.717, 1.165) is 11.8 Å². The van der Waals surface area contributed by atoms with E-state index in [9.17, 15) is 19.5 Å². The fraction of sp³-hybridized carbons (Fsp3) is 0.333. The summed E-state index contributed by atoms with van der Waals surface area (Å²) >= 11 is 0.938. The molecular weight excluding hydrogens is 210 g/mol. The molecule has 7 nitrogen and oxygen atoms in total. The van der Waals surface area contributed by atoms with E-state index in [1.807, 2.05) is 10.1 Å². The first-order chi connectivity index (χ1) is 6.59. The van der Waals surface area contributed by atoms with Gasteiger partial charge in [0.2, 0.25) is 0 Å². The maximum atomic E-state index is 11.0. The molecule has 0 amide bonds. The van der Waals surface area contributed by atoms with Crippen LogP contribution in [-0.2, 0) is 4.79 Å². The topological polar surface area (TPSA) is 119 Å². The molecule has 0 aromatic carbocycles. The predicted octanol–water partition coefficient (Wildman–Crippen LogP) is -2.31. The number of hydrogen-bond donors (Lipinski definition) is 2. The number of aromatic amines is 2. The minimum Gasteiger partial charge on any atom is -0.550 e. The van der Waals surface area contributed by atoms with Crippen LogP contribution in [0.25, 0.3) is 0 Å². The second-order valence-electron chi connectivity index (χ2n) is 2.28. The van der Waals surface area contributed by atoms with Crippen LogP contribution in [0.5, 0.6) is 0 Å². The number of aromatic nitrogens is 3. The van der Waals surface area contributed by atoms with Crippen molar-refractivity contribution in [3.8, 4) is 0 Å². The first-order valence-corrected chi connectivity index (χ1v) is 4.60. The SMILES string of the molecule is O=C([O-])CCSc1n[nH]c(=O)[nH]c1=O. The lowest BCUT2D eigenvalue weighted by molar-refractivity contribution is -0.305. The number of rotatable bonds is 4. The Bertz CT molecular complexity index is 437. The van der Waals surface area contributed by atoms with E-state index >= 15 is 0 Å². The van der Waals surface area contributed by atoms with Gasteiger partial charge in [0.1, 0.15) is 0 Å². The molecule has 0 atom stereocenters. The average Bonchev–Trinajstić information content (AvgIpc) is 2.08. The van der Waals surface area contributed by atoms with Crippen molar-refractivity contribution in [2.24, 2.45) is 0 Å². The number of hydrogen-bond acceptors (Lipinski definition) is 6. The van der Waals surface area contributed by atoms with Gasteiger partial charge in [-0.1, -0.05) is 11.8 Å². The van der Waals surface area contributed by atoms with E-state index in [4.69, 9.17) is 0 Å². The van der Waals surface area contributed by atoms with Crippen molar-refractivity contribution >= 4 is 17.7 Å². The van der Waals surface area contributed by atoms with Gasteiger partial charge >= 0.3 is 5.69 Å². The van der Waals surface area contributed by atoms with Crippen LogP contribution in [0, 0.1) is 0 Å². The van der Waals surface area contributed by atoms with Crippen molar-refractivity contribution in [2.45, 2.75) is 11.4 Å². The summed E-state index contributed by atoms with van der Waals surface area (Å²) in [5.41, 5.74) is -1.32. The van der Waals surface area contributed by atoms with Crippen LogP contribution in [0.3, 0.4) is 0 Å². The molecule has 0 aliphatic rings. The number of carboxylic acids is 1. The molecule has 1 rings (SSSR count). The lowest BCUT2D eigenvalue weighted by Crippen LogP contribution is -2.26. The standard InChI is InChI=1S/C6H7N3O4S/c10-3(11)1-2-14-5-4(12)7-6(13)9-8-5/h1-2H2,(H,10,11)(H2,7,9,12,13)/p-1. The van der Waals surface area contributed by atoms with Gasteiger partial charge in [-0.3, -0.25) is 9.78 Å². The van der Waals surface area contributed by atoms with Crippen molar-refractivity contribution in [1.82, 2.24) is 15.2 Å². The predicted molar refractivity (Wildman–Crippen MR) is 45.8 cm³/mol. The minimum absolute atomic E-state index is 0.0332. The number of carboxylic acid groups (broad SMARTS) is 1. The Balaban J connectivity index is 2.64. The molecule has 14 heavy (non-hydrogen) atoms. The summed E-state index contributed by atoms with van der Waals surface area (Å²) in [6.45, 7) is 0. The molecule has 1 heterocycles. The van der Waals surface area contributed by atoms with Gasteiger partial charge in [-0.15, -0.1) is 0 Å². The van der Waals surface area contributed by atoms with E-state index in [1.54, 1.807) is 0 Å². The Morgan fingerprint density at radius 1 is 1.50 bits per heavy atom. The first-order valence-electron chi connectivity index (χ1n) is 3.61. The lowest BCUT2D eigenvalue weighted by Gasteiger charge is -1.99. The zero-order valence-electron chi connectivity index (χ0n) is 6.90. The Morgan fingerprint density at radius 3 is 2.79 bits per heavy atom. The largest absolute Gasteiger partial charge is 0.550 e. The lowest BCUT2D eigenvalue weighted by atomic mass is 10.5. The van der Waals surface area contributed by atoms with E-state index in [-0.39, 0.29) is 17.2 Å². The van der Waals surface area contributed by atoms with Gasteiger partial charge in [0, 0.05) is 11.7 Å². The number of nitrogens with one attached hydrogen (secondary N) is 2. The molecule has 2 N–H and O–H groups in total. The molecule has 0 aliphatic carbocycles. The Morgan fingerprint density at radius 2 is 2.21 bits per heavy atom. The maximum absolute atomic E-state index is 11.0. The van der Waals surface area contributed by atoms with E-state index in [2.05, 4.69) is 5.10 Å². The summed E-state index contributed by atoms with van der Waals surface area (Å²) in [4.78, 5) is 33.5. The summed E-state index contributed by atoms with van der Waals surface area (Å²) in [5.74, 6) is -1.02. The molecule has 0 unspecified atom stereocenters. The summed E-state index contributed by atoms with van der Waals surface area (Å²) in [6, 6.07) is 0. The molecule has 0 saturated carbocycles. The molecule has 0 radical (unpaired) electrons. The van der Waals surface area contributed by atoms with Gasteiger partial charge in [-0.2, -0.15) is 5.10 Å². The third-order valence-corrected chi connectivity index (χ3v) is 2.18. The molecular formula is C6H6N3O4S-. The number of nitrogens with zero attached hydrogens (tertiary/aromatic N) is 1. The van der Waals surface area contributed by atoms with Crippen molar-refractivity contribution in [3.05, 3.63) is 20.8 Å². The van der Waals surface area contributed by atoms with Crippen LogP contribution in [0.1, 0.15) is 6.42 Å². The van der Waals surface area contributed by atoms with Crippen LogP contribution in [0.2, 0.25) is 0 Å². The van der Waals surface area contributed by atoms with E-state index in [0.29, 0.717) is 0 Å². The van der Waals surface area contributed by atoms with Crippen LogP contribution < -0.4 is 16.4 Å². The Hall–Kier alpha value is -1.57. The van der Waals surface area contributed by atoms with Crippen molar-refractivity contribution in [3.63, 3.8) is 0 Å². The van der Waals surface area contributed by atoms with Crippen LogP contribution in [0.15, 0.2) is 14.6 Å². The number of carbonyl (C=O) groups is 1. The summed E-state index contributed by atoms with van der Waals surface area (Å²) < 4.78 is 0. The molecule has 0 bridgehead atoms. The van der Waals surface area contributed by atoms with Gasteiger partial charge < -0.3 is 9.90 Å². The molecule has 1 aromatic heterocycles. The molecule has 0 aliphatic heterocycles. The van der Waals surface area contributed by atoms with Crippen LogP contribution in [-0.4, -0.2) is 26.9 Å². The zero-order chi connectivity index (χ0) is 10.6. The number of thioether (sulfide) groups is 1. The number of H-pyrrole nitrogens is 2. The molecule has 0 saturated heterocycles. The van der Waals surface area contributed by atoms with Gasteiger partial charge in [0.25, 0.3) is 5.56 Å². The summed E-state index contributed by atoms with van der Waals surface area (Å²) in [7, 11) is 0. The smallest absolute Gasteiger partial charge is 0.342 e. The minimum atomic E-state index is -1.20. The maximum Gasteiger partial charge on any atom is 0.342 e. The normalized spacial score (nSPS) is 10.0. The highest BCUT2D eigenvalue weighted by Gasteiger charge is 2.02. The molecule has 0 fully saturated rings. The quantitative estimate of drug-likeness (QED) is 0.546. The fourth-order valence-electron chi connectivity index (χ4n) is 0.666. The third kappa shape index (κ3) is 3.05. The monoisotopic (exact) mass is 216 g/mol. The highest BCUT2D eigenvalue weighted by Crippen LogP contribution is 2.08. The van der Waals surface area contributed by atoms with Crippen molar-refractivity contribution in [2.75, 3.05) is 5.75 Å². The van der Waals surface area contributed by atoms with Crippen molar-refractivity contribution in [1.29, 1.82) is 0 Å². The molecule has 8 heteroatoms. The van der Waals surface area contributed by atoms with Crippen molar-refractivity contribution < 1.29 is 9.90 Å². The Labute approximate surface area is 81.6 Å². The number of aliphatic carboxylic acids is 1. The average molecular weight is 216 g/mol. The van der Waals surface area contributed by atoms with Gasteiger partial charge in [-0.05, 0) is 6.42 Å². The number of carbonyl (C=O) groups excluding carboxylic acids is 1. The highest BCUT2D eigenvalue weighted by molar-refractivity contribution is 7.99. The second-order valence-corrected chi connectivity index (χ2v) is 3.37. The molecule has 1 aromatic rings. The fourth-order valence-corrected chi connectivity index (χ4v) is 1.42. The first kappa shape index (κ1) is 10.5. The van der Waals surface area contributed by atoms with Crippen LogP contribution in [0.4, 0.5) is 0 Å². The molecule has 76 valence electrons. The van der Waals surface area contributed by atoms with Gasteiger partial charge in [-0.25, -0.2) is 9.89 Å². The summed E-state index contributed by atoms with van der Waals surface area (Å²) in [5, 5.41) is 15.6. The molecule has 0 spiro atoms. The highest BCUT2D eigenvalue weighted by atomic mass is 32.2. The second kappa shape index (κ2) is 4.61. The zero-order valence-corrected chi connectivity index (χ0v) is 7.72.